The van der Waals surface area contributed by atoms with E-state index in [9.17, 15) is 22.8 Å². The van der Waals surface area contributed by atoms with Crippen molar-refractivity contribution in [2.45, 2.75) is 13.1 Å². The molecule has 1 aliphatic rings. The second-order valence-electron chi connectivity index (χ2n) is 6.91. The molecule has 1 N–H and O–H groups in total. The SMILES string of the molecule is CCOc1ccc(C(=O)OCC(=O)Nc2cc(C(F)(F)F)ccc2N2CCOCC2)cc1. The van der Waals surface area contributed by atoms with Crippen LogP contribution in [0.2, 0.25) is 0 Å². The van der Waals surface area contributed by atoms with E-state index in [0.29, 0.717) is 44.3 Å². The van der Waals surface area contributed by atoms with Crippen molar-refractivity contribution < 1.29 is 37.0 Å². The zero-order valence-electron chi connectivity index (χ0n) is 17.4. The molecule has 7 nitrogen and oxygen atoms in total. The molecule has 3 rings (SSSR count). The fourth-order valence-corrected chi connectivity index (χ4v) is 3.15. The summed E-state index contributed by atoms with van der Waals surface area (Å²) < 4.78 is 55.1. The van der Waals surface area contributed by atoms with Crippen LogP contribution in [-0.2, 0) is 20.4 Å². The molecule has 0 saturated carbocycles. The molecule has 32 heavy (non-hydrogen) atoms. The van der Waals surface area contributed by atoms with E-state index in [1.807, 2.05) is 11.8 Å². The van der Waals surface area contributed by atoms with Crippen molar-refractivity contribution in [3.8, 4) is 5.75 Å². The van der Waals surface area contributed by atoms with Crippen LogP contribution in [0.15, 0.2) is 42.5 Å². The van der Waals surface area contributed by atoms with Gasteiger partial charge in [-0.2, -0.15) is 13.2 Å². The van der Waals surface area contributed by atoms with Crippen LogP contribution in [0, 0.1) is 0 Å². The Bertz CT molecular complexity index is 942. The van der Waals surface area contributed by atoms with E-state index in [0.717, 1.165) is 12.1 Å². The van der Waals surface area contributed by atoms with Crippen molar-refractivity contribution in [2.24, 2.45) is 0 Å². The molecule has 1 amide bonds. The number of ether oxygens (including phenoxy) is 3. The number of rotatable bonds is 7. The monoisotopic (exact) mass is 452 g/mol. The predicted molar refractivity (Wildman–Crippen MR) is 111 cm³/mol. The largest absolute Gasteiger partial charge is 0.494 e. The number of benzene rings is 2. The fourth-order valence-electron chi connectivity index (χ4n) is 3.15. The van der Waals surface area contributed by atoms with Crippen LogP contribution in [0.3, 0.4) is 0 Å². The van der Waals surface area contributed by atoms with Gasteiger partial charge in [-0.25, -0.2) is 4.79 Å². The Kier molecular flexibility index (Phi) is 7.57. The molecule has 2 aromatic carbocycles. The van der Waals surface area contributed by atoms with E-state index in [1.54, 1.807) is 12.1 Å². The lowest BCUT2D eigenvalue weighted by atomic mass is 10.1. The highest BCUT2D eigenvalue weighted by molar-refractivity contribution is 5.97. The van der Waals surface area contributed by atoms with Gasteiger partial charge in [0.05, 0.1) is 42.3 Å². The molecule has 1 heterocycles. The molecular formula is C22H23F3N2O5. The van der Waals surface area contributed by atoms with Crippen LogP contribution >= 0.6 is 0 Å². The van der Waals surface area contributed by atoms with Gasteiger partial charge in [0.15, 0.2) is 6.61 Å². The summed E-state index contributed by atoms with van der Waals surface area (Å²) in [6.07, 6.45) is -4.57. The molecule has 0 spiro atoms. The number of nitrogens with zero attached hydrogens (tertiary/aromatic N) is 1. The van der Waals surface area contributed by atoms with Gasteiger partial charge in [0, 0.05) is 13.1 Å². The normalized spacial score (nSPS) is 14.1. The van der Waals surface area contributed by atoms with Gasteiger partial charge in [-0.3, -0.25) is 4.79 Å². The van der Waals surface area contributed by atoms with Crippen LogP contribution in [0.5, 0.6) is 5.75 Å². The number of hydrogen-bond acceptors (Lipinski definition) is 6. The Hall–Kier alpha value is -3.27. The number of carbonyl (C=O) groups is 2. The molecule has 0 radical (unpaired) electrons. The van der Waals surface area contributed by atoms with Crippen molar-refractivity contribution in [3.05, 3.63) is 53.6 Å². The molecule has 10 heteroatoms. The number of halogens is 3. The first-order valence-electron chi connectivity index (χ1n) is 10.0. The lowest BCUT2D eigenvalue weighted by molar-refractivity contribution is -0.137. The molecule has 1 saturated heterocycles. The first-order chi connectivity index (χ1) is 15.3. The Morgan fingerprint density at radius 1 is 1.09 bits per heavy atom. The third kappa shape index (κ3) is 6.13. The third-order valence-electron chi connectivity index (χ3n) is 4.69. The van der Waals surface area contributed by atoms with Crippen molar-refractivity contribution in [2.75, 3.05) is 49.7 Å². The molecular weight excluding hydrogens is 429 g/mol. The van der Waals surface area contributed by atoms with Crippen molar-refractivity contribution in [1.29, 1.82) is 0 Å². The topological polar surface area (TPSA) is 77.1 Å². The highest BCUT2D eigenvalue weighted by Crippen LogP contribution is 2.35. The van der Waals surface area contributed by atoms with E-state index >= 15 is 0 Å². The third-order valence-corrected chi connectivity index (χ3v) is 4.69. The summed E-state index contributed by atoms with van der Waals surface area (Å²) in [5, 5.41) is 2.43. The second-order valence-corrected chi connectivity index (χ2v) is 6.91. The lowest BCUT2D eigenvalue weighted by Crippen LogP contribution is -2.37. The fraction of sp³-hybridized carbons (Fsp3) is 0.364. The highest BCUT2D eigenvalue weighted by Gasteiger charge is 2.32. The van der Waals surface area contributed by atoms with Gasteiger partial charge in [0.25, 0.3) is 5.91 Å². The molecule has 0 unspecified atom stereocenters. The minimum Gasteiger partial charge on any atom is -0.494 e. The quantitative estimate of drug-likeness (QED) is 0.645. The minimum absolute atomic E-state index is 0.0103. The molecule has 0 aliphatic carbocycles. The maximum absolute atomic E-state index is 13.2. The van der Waals surface area contributed by atoms with Crippen LogP contribution < -0.4 is 15.0 Å². The van der Waals surface area contributed by atoms with Gasteiger partial charge in [-0.15, -0.1) is 0 Å². The van der Waals surface area contributed by atoms with E-state index in [1.165, 1.54) is 18.2 Å². The van der Waals surface area contributed by atoms with Gasteiger partial charge < -0.3 is 24.4 Å². The number of carbonyl (C=O) groups excluding carboxylic acids is 2. The number of esters is 1. The molecule has 1 fully saturated rings. The van der Waals surface area contributed by atoms with Gasteiger partial charge in [0.2, 0.25) is 0 Å². The first-order valence-corrected chi connectivity index (χ1v) is 10.0. The summed E-state index contributed by atoms with van der Waals surface area (Å²) in [7, 11) is 0. The number of morpholine rings is 1. The minimum atomic E-state index is -4.57. The van der Waals surface area contributed by atoms with Crippen molar-refractivity contribution in [3.63, 3.8) is 0 Å². The Balaban J connectivity index is 1.67. The average molecular weight is 452 g/mol. The van der Waals surface area contributed by atoms with Crippen molar-refractivity contribution >= 4 is 23.3 Å². The Morgan fingerprint density at radius 2 is 1.78 bits per heavy atom. The molecule has 0 atom stereocenters. The summed E-state index contributed by atoms with van der Waals surface area (Å²) in [5.74, 6) is -0.902. The summed E-state index contributed by atoms with van der Waals surface area (Å²) in [4.78, 5) is 26.3. The molecule has 1 aliphatic heterocycles. The number of hydrogen-bond donors (Lipinski definition) is 1. The number of anilines is 2. The highest BCUT2D eigenvalue weighted by atomic mass is 19.4. The maximum atomic E-state index is 13.2. The Morgan fingerprint density at radius 3 is 2.41 bits per heavy atom. The van der Waals surface area contributed by atoms with Gasteiger partial charge in [-0.1, -0.05) is 0 Å². The van der Waals surface area contributed by atoms with E-state index in [-0.39, 0.29) is 11.3 Å². The first kappa shape index (κ1) is 23.4. The summed E-state index contributed by atoms with van der Waals surface area (Å²) >= 11 is 0. The molecule has 0 aromatic heterocycles. The van der Waals surface area contributed by atoms with Gasteiger partial charge >= 0.3 is 12.1 Å². The number of amides is 1. The lowest BCUT2D eigenvalue weighted by Gasteiger charge is -2.31. The van der Waals surface area contributed by atoms with Gasteiger partial charge in [0.1, 0.15) is 5.75 Å². The van der Waals surface area contributed by atoms with E-state index in [4.69, 9.17) is 14.2 Å². The molecule has 172 valence electrons. The number of nitrogens with one attached hydrogen (secondary N) is 1. The van der Waals surface area contributed by atoms with E-state index < -0.39 is 30.2 Å². The molecule has 2 aromatic rings. The zero-order valence-corrected chi connectivity index (χ0v) is 17.4. The summed E-state index contributed by atoms with van der Waals surface area (Å²) in [6, 6.07) is 9.33. The smallest absolute Gasteiger partial charge is 0.416 e. The maximum Gasteiger partial charge on any atom is 0.416 e. The summed E-state index contributed by atoms with van der Waals surface area (Å²) in [6.45, 7) is 3.45. The number of alkyl halides is 3. The summed E-state index contributed by atoms with van der Waals surface area (Å²) in [5.41, 5.74) is -0.248. The molecule has 0 bridgehead atoms. The predicted octanol–water partition coefficient (Wildman–Crippen LogP) is 3.74. The second kappa shape index (κ2) is 10.4. The Labute approximate surface area is 183 Å². The van der Waals surface area contributed by atoms with Gasteiger partial charge in [-0.05, 0) is 49.4 Å². The van der Waals surface area contributed by atoms with E-state index in [2.05, 4.69) is 5.32 Å². The van der Waals surface area contributed by atoms with Crippen LogP contribution in [0.25, 0.3) is 0 Å². The van der Waals surface area contributed by atoms with Crippen LogP contribution in [0.4, 0.5) is 24.5 Å². The van der Waals surface area contributed by atoms with Crippen LogP contribution in [-0.4, -0.2) is 51.4 Å². The van der Waals surface area contributed by atoms with Crippen LogP contribution in [0.1, 0.15) is 22.8 Å². The average Bonchev–Trinajstić information content (AvgIpc) is 2.78. The zero-order chi connectivity index (χ0) is 23.1. The van der Waals surface area contributed by atoms with Crippen molar-refractivity contribution in [1.82, 2.24) is 0 Å². The standard InChI is InChI=1S/C22H23F3N2O5/c1-2-31-17-6-3-15(4-7-17)21(29)32-14-20(28)26-18-13-16(22(23,24)25)5-8-19(18)27-9-11-30-12-10-27/h3-8,13H,2,9-12,14H2,1H3,(H,26,28).